The quantitative estimate of drug-likeness (QED) is 0.850. The van der Waals surface area contributed by atoms with E-state index in [0.29, 0.717) is 18.6 Å². The highest BCUT2D eigenvalue weighted by Crippen LogP contribution is 2.30. The van der Waals surface area contributed by atoms with E-state index in [1.54, 1.807) is 19.2 Å². The summed E-state index contributed by atoms with van der Waals surface area (Å²) < 4.78 is 6.07. The molecule has 0 saturated heterocycles. The normalized spacial score (nSPS) is 16.5. The average molecular weight is 356 g/mol. The molecule has 2 rings (SSSR count). The Labute approximate surface area is 131 Å². The van der Waals surface area contributed by atoms with E-state index >= 15 is 0 Å². The molecular formula is C15H18BrNO4. The Bertz CT molecular complexity index is 553. The van der Waals surface area contributed by atoms with Crippen molar-refractivity contribution in [2.75, 3.05) is 7.11 Å². The van der Waals surface area contributed by atoms with Crippen LogP contribution in [-0.2, 0) is 16.0 Å². The Morgan fingerprint density at radius 2 is 2.05 bits per heavy atom. The van der Waals surface area contributed by atoms with Gasteiger partial charge in [0, 0.05) is 10.0 Å². The van der Waals surface area contributed by atoms with Gasteiger partial charge in [-0.3, -0.25) is 4.79 Å². The standard InChI is InChI=1S/C15H18BrNO4/c1-21-12-5-4-11(16)8-10(12)9-13(18)17-15(14(19)20)6-2-3-7-15/h4-5,8H,2-3,6-7,9H2,1H3,(H,17,18)(H,19,20). The third-order valence-electron chi connectivity index (χ3n) is 3.84. The second-order valence-corrected chi connectivity index (χ2v) is 6.19. The first-order chi connectivity index (χ1) is 9.97. The molecule has 6 heteroatoms. The first kappa shape index (κ1) is 15.8. The maximum absolute atomic E-state index is 12.2. The summed E-state index contributed by atoms with van der Waals surface area (Å²) in [6.07, 6.45) is 2.73. The number of benzene rings is 1. The van der Waals surface area contributed by atoms with E-state index in [4.69, 9.17) is 4.74 Å². The maximum Gasteiger partial charge on any atom is 0.329 e. The molecule has 0 unspecified atom stereocenters. The number of methoxy groups -OCH3 is 1. The second-order valence-electron chi connectivity index (χ2n) is 5.28. The number of carbonyl (C=O) groups excluding carboxylic acids is 1. The van der Waals surface area contributed by atoms with Gasteiger partial charge in [0.05, 0.1) is 13.5 Å². The van der Waals surface area contributed by atoms with Crippen molar-refractivity contribution in [2.24, 2.45) is 0 Å². The third-order valence-corrected chi connectivity index (χ3v) is 4.33. The molecule has 0 spiro atoms. The number of carboxylic acid groups (broad SMARTS) is 1. The molecule has 1 aromatic rings. The molecule has 1 saturated carbocycles. The zero-order valence-corrected chi connectivity index (χ0v) is 13.4. The van der Waals surface area contributed by atoms with Gasteiger partial charge in [0.15, 0.2) is 0 Å². The smallest absolute Gasteiger partial charge is 0.329 e. The van der Waals surface area contributed by atoms with Gasteiger partial charge in [0.1, 0.15) is 11.3 Å². The molecule has 114 valence electrons. The Morgan fingerprint density at radius 1 is 1.38 bits per heavy atom. The average Bonchev–Trinajstić information content (AvgIpc) is 2.88. The summed E-state index contributed by atoms with van der Waals surface area (Å²) in [5.74, 6) is -0.630. The second kappa shape index (κ2) is 6.47. The Morgan fingerprint density at radius 3 is 2.62 bits per heavy atom. The van der Waals surface area contributed by atoms with Crippen molar-refractivity contribution in [3.8, 4) is 5.75 Å². The summed E-state index contributed by atoms with van der Waals surface area (Å²) in [5, 5.41) is 12.1. The lowest BCUT2D eigenvalue weighted by Crippen LogP contribution is -2.52. The zero-order chi connectivity index (χ0) is 15.5. The van der Waals surface area contributed by atoms with Crippen LogP contribution in [0.1, 0.15) is 31.2 Å². The monoisotopic (exact) mass is 355 g/mol. The molecule has 0 aromatic heterocycles. The van der Waals surface area contributed by atoms with Crippen molar-refractivity contribution in [1.82, 2.24) is 5.32 Å². The van der Waals surface area contributed by atoms with E-state index in [0.717, 1.165) is 22.9 Å². The number of rotatable bonds is 5. The fourth-order valence-electron chi connectivity index (χ4n) is 2.74. The molecule has 0 heterocycles. The highest BCUT2D eigenvalue weighted by atomic mass is 79.9. The molecule has 5 nitrogen and oxygen atoms in total. The Balaban J connectivity index is 2.11. The fourth-order valence-corrected chi connectivity index (χ4v) is 3.15. The van der Waals surface area contributed by atoms with Gasteiger partial charge in [0.2, 0.25) is 5.91 Å². The SMILES string of the molecule is COc1ccc(Br)cc1CC(=O)NC1(C(=O)O)CCCC1. The lowest BCUT2D eigenvalue weighted by atomic mass is 9.97. The number of hydrogen-bond donors (Lipinski definition) is 2. The highest BCUT2D eigenvalue weighted by Gasteiger charge is 2.42. The predicted molar refractivity (Wildman–Crippen MR) is 81.4 cm³/mol. The number of nitrogens with one attached hydrogen (secondary N) is 1. The maximum atomic E-state index is 12.2. The molecule has 1 aliphatic carbocycles. The van der Waals surface area contributed by atoms with Crippen LogP contribution in [0.25, 0.3) is 0 Å². The van der Waals surface area contributed by atoms with Gasteiger partial charge in [0.25, 0.3) is 0 Å². The van der Waals surface area contributed by atoms with Crippen molar-refractivity contribution >= 4 is 27.8 Å². The molecule has 0 aliphatic heterocycles. The summed E-state index contributed by atoms with van der Waals surface area (Å²) in [6.45, 7) is 0. The van der Waals surface area contributed by atoms with Crippen LogP contribution in [0.2, 0.25) is 0 Å². The van der Waals surface area contributed by atoms with Crippen LogP contribution in [0.3, 0.4) is 0 Å². The van der Waals surface area contributed by atoms with Crippen LogP contribution < -0.4 is 10.1 Å². The number of aliphatic carboxylic acids is 1. The largest absolute Gasteiger partial charge is 0.496 e. The van der Waals surface area contributed by atoms with Gasteiger partial charge >= 0.3 is 5.97 Å². The number of ether oxygens (including phenoxy) is 1. The van der Waals surface area contributed by atoms with Gasteiger partial charge in [-0.2, -0.15) is 0 Å². The predicted octanol–water partition coefficient (Wildman–Crippen LogP) is 2.51. The Hall–Kier alpha value is -1.56. The van der Waals surface area contributed by atoms with Gasteiger partial charge in [-0.05, 0) is 31.0 Å². The van der Waals surface area contributed by atoms with E-state index in [2.05, 4.69) is 21.2 Å². The van der Waals surface area contributed by atoms with Crippen LogP contribution in [-0.4, -0.2) is 29.6 Å². The molecular weight excluding hydrogens is 338 g/mol. The lowest BCUT2D eigenvalue weighted by molar-refractivity contribution is -0.147. The molecule has 1 aromatic carbocycles. The zero-order valence-electron chi connectivity index (χ0n) is 11.8. The molecule has 1 amide bonds. The van der Waals surface area contributed by atoms with E-state index in [1.807, 2.05) is 6.07 Å². The van der Waals surface area contributed by atoms with Crippen LogP contribution in [0.15, 0.2) is 22.7 Å². The first-order valence-electron chi connectivity index (χ1n) is 6.84. The van der Waals surface area contributed by atoms with E-state index in [-0.39, 0.29) is 12.3 Å². The summed E-state index contributed by atoms with van der Waals surface area (Å²) in [7, 11) is 1.54. The number of halogens is 1. The van der Waals surface area contributed by atoms with Gasteiger partial charge in [-0.1, -0.05) is 28.8 Å². The summed E-state index contributed by atoms with van der Waals surface area (Å²) in [4.78, 5) is 23.7. The number of hydrogen-bond acceptors (Lipinski definition) is 3. The summed E-state index contributed by atoms with van der Waals surface area (Å²) >= 11 is 3.36. The topological polar surface area (TPSA) is 75.6 Å². The van der Waals surface area contributed by atoms with Crippen molar-refractivity contribution in [3.63, 3.8) is 0 Å². The van der Waals surface area contributed by atoms with Crippen molar-refractivity contribution in [1.29, 1.82) is 0 Å². The van der Waals surface area contributed by atoms with E-state index in [1.165, 1.54) is 0 Å². The van der Waals surface area contributed by atoms with Crippen LogP contribution in [0.4, 0.5) is 0 Å². The van der Waals surface area contributed by atoms with E-state index < -0.39 is 11.5 Å². The minimum atomic E-state index is -1.10. The summed E-state index contributed by atoms with van der Waals surface area (Å²) in [6, 6.07) is 5.41. The van der Waals surface area contributed by atoms with Crippen molar-refractivity contribution in [3.05, 3.63) is 28.2 Å². The minimum absolute atomic E-state index is 0.0949. The van der Waals surface area contributed by atoms with Crippen LogP contribution in [0, 0.1) is 0 Å². The first-order valence-corrected chi connectivity index (χ1v) is 7.63. The van der Waals surface area contributed by atoms with Gasteiger partial charge in [-0.15, -0.1) is 0 Å². The van der Waals surface area contributed by atoms with E-state index in [9.17, 15) is 14.7 Å². The molecule has 0 bridgehead atoms. The third kappa shape index (κ3) is 3.56. The minimum Gasteiger partial charge on any atom is -0.496 e. The van der Waals surface area contributed by atoms with Crippen molar-refractivity contribution in [2.45, 2.75) is 37.6 Å². The number of carboxylic acids is 1. The highest BCUT2D eigenvalue weighted by molar-refractivity contribution is 9.10. The molecule has 2 N–H and O–H groups in total. The molecule has 0 radical (unpaired) electrons. The summed E-state index contributed by atoms with van der Waals surface area (Å²) in [5.41, 5.74) is -0.376. The van der Waals surface area contributed by atoms with Gasteiger partial charge in [-0.25, -0.2) is 4.79 Å². The van der Waals surface area contributed by atoms with Crippen LogP contribution in [0.5, 0.6) is 5.75 Å². The Kier molecular flexibility index (Phi) is 4.88. The van der Waals surface area contributed by atoms with Gasteiger partial charge < -0.3 is 15.2 Å². The number of carbonyl (C=O) groups is 2. The molecule has 1 fully saturated rings. The molecule has 0 atom stereocenters. The van der Waals surface area contributed by atoms with Crippen LogP contribution >= 0.6 is 15.9 Å². The number of amides is 1. The molecule has 21 heavy (non-hydrogen) atoms. The van der Waals surface area contributed by atoms with Crippen molar-refractivity contribution < 1.29 is 19.4 Å². The fraction of sp³-hybridized carbons (Fsp3) is 0.467. The lowest BCUT2D eigenvalue weighted by Gasteiger charge is -2.25. The molecule has 1 aliphatic rings.